The van der Waals surface area contributed by atoms with Crippen LogP contribution in [0.1, 0.15) is 18.4 Å². The van der Waals surface area contributed by atoms with E-state index in [4.69, 9.17) is 9.72 Å². The van der Waals surface area contributed by atoms with E-state index in [0.29, 0.717) is 11.9 Å². The van der Waals surface area contributed by atoms with Gasteiger partial charge in [0, 0.05) is 31.9 Å². The minimum Gasteiger partial charge on any atom is -0.497 e. The van der Waals surface area contributed by atoms with E-state index in [1.807, 2.05) is 18.2 Å². The molecule has 1 aliphatic heterocycles. The van der Waals surface area contributed by atoms with Crippen LogP contribution >= 0.6 is 0 Å². The van der Waals surface area contributed by atoms with Crippen molar-refractivity contribution >= 4 is 22.9 Å². The number of piperidine rings is 1. The molecular weight excluding hydrogens is 416 g/mol. The molecule has 2 aromatic heterocycles. The zero-order chi connectivity index (χ0) is 22.6. The third-order valence-corrected chi connectivity index (χ3v) is 6.22. The van der Waals surface area contributed by atoms with Crippen molar-refractivity contribution in [3.8, 4) is 11.6 Å². The monoisotopic (exact) mass is 444 g/mol. The van der Waals surface area contributed by atoms with Crippen molar-refractivity contribution in [2.24, 2.45) is 5.92 Å². The number of aromatic nitrogens is 4. The standard InChI is InChI=1S/C25H28N6O2/c1-33-20-8-6-19(7-9-20)17-31-22-5-3-2-4-21(22)28-25(31)30-14-11-18(12-15-30)16-27-24-26-13-10-23(32)29-24/h2-10,13,18H,11-12,14-17H2,1H3,(H2,26,27,29,32). The lowest BCUT2D eigenvalue weighted by atomic mass is 9.97. The maximum absolute atomic E-state index is 9.52. The summed E-state index contributed by atoms with van der Waals surface area (Å²) in [6, 6.07) is 18.0. The molecule has 4 aromatic rings. The lowest BCUT2D eigenvalue weighted by Crippen LogP contribution is -2.37. The van der Waals surface area contributed by atoms with Crippen molar-refractivity contribution in [2.75, 3.05) is 37.0 Å². The summed E-state index contributed by atoms with van der Waals surface area (Å²) in [6.45, 7) is 3.44. The van der Waals surface area contributed by atoms with Gasteiger partial charge in [-0.1, -0.05) is 24.3 Å². The van der Waals surface area contributed by atoms with E-state index < -0.39 is 0 Å². The molecule has 1 saturated heterocycles. The molecule has 5 rings (SSSR count). The maximum atomic E-state index is 9.52. The molecular formula is C25H28N6O2. The molecule has 0 unspecified atom stereocenters. The Balaban J connectivity index is 1.30. The van der Waals surface area contributed by atoms with Crippen LogP contribution in [-0.4, -0.2) is 51.4 Å². The first kappa shape index (κ1) is 21.1. The molecule has 2 N–H and O–H groups in total. The normalized spacial score (nSPS) is 14.5. The Morgan fingerprint density at radius 3 is 2.58 bits per heavy atom. The van der Waals surface area contributed by atoms with Crippen LogP contribution in [0.4, 0.5) is 11.9 Å². The third-order valence-electron chi connectivity index (χ3n) is 6.22. The largest absolute Gasteiger partial charge is 0.497 e. The zero-order valence-corrected chi connectivity index (χ0v) is 18.7. The first-order valence-electron chi connectivity index (χ1n) is 11.3. The van der Waals surface area contributed by atoms with Crippen LogP contribution in [0, 0.1) is 5.92 Å². The minimum atomic E-state index is -0.0157. The van der Waals surface area contributed by atoms with E-state index in [1.165, 1.54) is 11.6 Å². The molecule has 0 spiro atoms. The van der Waals surface area contributed by atoms with E-state index in [9.17, 15) is 5.11 Å². The number of nitrogens with zero attached hydrogens (tertiary/aromatic N) is 5. The van der Waals surface area contributed by atoms with Crippen LogP contribution in [0.3, 0.4) is 0 Å². The Hall–Kier alpha value is -3.81. The topological polar surface area (TPSA) is 88.3 Å². The SMILES string of the molecule is COc1ccc(Cn2c(N3CCC(CNc4nccc(O)n4)CC3)nc3ccccc32)cc1. The summed E-state index contributed by atoms with van der Waals surface area (Å²) in [5.74, 6) is 2.86. The van der Waals surface area contributed by atoms with Crippen LogP contribution in [0.5, 0.6) is 11.6 Å². The molecule has 2 aromatic carbocycles. The van der Waals surface area contributed by atoms with Crippen molar-refractivity contribution in [1.82, 2.24) is 19.5 Å². The first-order valence-corrected chi connectivity index (χ1v) is 11.3. The Bertz CT molecular complexity index is 1220. The number of para-hydroxylation sites is 2. The van der Waals surface area contributed by atoms with Crippen molar-refractivity contribution < 1.29 is 9.84 Å². The fraction of sp³-hybridized carbons (Fsp3) is 0.320. The van der Waals surface area contributed by atoms with Crippen molar-refractivity contribution in [1.29, 1.82) is 0 Å². The predicted octanol–water partition coefficient (Wildman–Crippen LogP) is 3.92. The Morgan fingerprint density at radius 1 is 1.03 bits per heavy atom. The highest BCUT2D eigenvalue weighted by molar-refractivity contribution is 5.79. The van der Waals surface area contributed by atoms with Crippen LogP contribution < -0.4 is 15.0 Å². The number of aromatic hydroxyl groups is 1. The number of ether oxygens (including phenoxy) is 1. The zero-order valence-electron chi connectivity index (χ0n) is 18.7. The lowest BCUT2D eigenvalue weighted by Gasteiger charge is -2.33. The summed E-state index contributed by atoms with van der Waals surface area (Å²) >= 11 is 0. The number of hydrogen-bond donors (Lipinski definition) is 2. The molecule has 170 valence electrons. The highest BCUT2D eigenvalue weighted by Crippen LogP contribution is 2.28. The molecule has 1 aliphatic rings. The van der Waals surface area contributed by atoms with Crippen LogP contribution in [0.2, 0.25) is 0 Å². The number of benzene rings is 2. The van der Waals surface area contributed by atoms with Gasteiger partial charge in [0.15, 0.2) is 0 Å². The van der Waals surface area contributed by atoms with Gasteiger partial charge < -0.3 is 24.6 Å². The van der Waals surface area contributed by atoms with Gasteiger partial charge in [-0.15, -0.1) is 0 Å². The van der Waals surface area contributed by atoms with Gasteiger partial charge in [0.25, 0.3) is 0 Å². The molecule has 0 aliphatic carbocycles. The van der Waals surface area contributed by atoms with Gasteiger partial charge in [0.05, 0.1) is 24.7 Å². The van der Waals surface area contributed by atoms with Gasteiger partial charge in [-0.05, 0) is 48.6 Å². The summed E-state index contributed by atoms with van der Waals surface area (Å²) in [5.41, 5.74) is 3.38. The quantitative estimate of drug-likeness (QED) is 0.447. The number of nitrogens with one attached hydrogen (secondary N) is 1. The number of hydrogen-bond acceptors (Lipinski definition) is 7. The summed E-state index contributed by atoms with van der Waals surface area (Å²) in [4.78, 5) is 15.6. The highest BCUT2D eigenvalue weighted by atomic mass is 16.5. The maximum Gasteiger partial charge on any atom is 0.225 e. The molecule has 0 radical (unpaired) electrons. The van der Waals surface area contributed by atoms with Crippen molar-refractivity contribution in [3.05, 3.63) is 66.4 Å². The Labute approximate surface area is 192 Å². The van der Waals surface area contributed by atoms with E-state index in [-0.39, 0.29) is 5.88 Å². The number of rotatable bonds is 7. The van der Waals surface area contributed by atoms with Crippen LogP contribution in [0.15, 0.2) is 60.8 Å². The molecule has 33 heavy (non-hydrogen) atoms. The van der Waals surface area contributed by atoms with Crippen LogP contribution in [-0.2, 0) is 6.54 Å². The highest BCUT2D eigenvalue weighted by Gasteiger charge is 2.24. The summed E-state index contributed by atoms with van der Waals surface area (Å²) in [6.07, 6.45) is 3.66. The van der Waals surface area contributed by atoms with E-state index in [0.717, 1.165) is 61.8 Å². The van der Waals surface area contributed by atoms with Gasteiger partial charge in [-0.2, -0.15) is 4.98 Å². The van der Waals surface area contributed by atoms with Gasteiger partial charge in [-0.3, -0.25) is 0 Å². The summed E-state index contributed by atoms with van der Waals surface area (Å²) in [5, 5.41) is 12.8. The predicted molar refractivity (Wildman–Crippen MR) is 129 cm³/mol. The second-order valence-corrected chi connectivity index (χ2v) is 8.38. The fourth-order valence-electron chi connectivity index (χ4n) is 4.38. The van der Waals surface area contributed by atoms with Gasteiger partial charge >= 0.3 is 0 Å². The molecule has 1 fully saturated rings. The first-order chi connectivity index (χ1) is 16.2. The van der Waals surface area contributed by atoms with Crippen molar-refractivity contribution in [3.63, 3.8) is 0 Å². The van der Waals surface area contributed by atoms with E-state index in [2.05, 4.69) is 55.1 Å². The average molecular weight is 445 g/mol. The fourth-order valence-corrected chi connectivity index (χ4v) is 4.38. The number of fused-ring (bicyclic) bond motifs is 1. The second kappa shape index (κ2) is 9.36. The summed E-state index contributed by atoms with van der Waals surface area (Å²) in [7, 11) is 1.69. The van der Waals surface area contributed by atoms with Crippen molar-refractivity contribution in [2.45, 2.75) is 19.4 Å². The minimum absolute atomic E-state index is 0.0157. The number of imidazole rings is 1. The summed E-state index contributed by atoms with van der Waals surface area (Å²) < 4.78 is 7.62. The van der Waals surface area contributed by atoms with Gasteiger partial charge in [-0.25, -0.2) is 9.97 Å². The van der Waals surface area contributed by atoms with E-state index in [1.54, 1.807) is 13.3 Å². The van der Waals surface area contributed by atoms with Gasteiger partial charge in [0.2, 0.25) is 17.8 Å². The number of methoxy groups -OCH3 is 1. The smallest absolute Gasteiger partial charge is 0.225 e. The Kier molecular flexibility index (Phi) is 5.97. The van der Waals surface area contributed by atoms with Crippen LogP contribution in [0.25, 0.3) is 11.0 Å². The van der Waals surface area contributed by atoms with Gasteiger partial charge in [0.1, 0.15) is 5.75 Å². The van der Waals surface area contributed by atoms with E-state index >= 15 is 0 Å². The molecule has 8 heteroatoms. The lowest BCUT2D eigenvalue weighted by molar-refractivity contribution is 0.414. The molecule has 0 bridgehead atoms. The second-order valence-electron chi connectivity index (χ2n) is 8.38. The third kappa shape index (κ3) is 4.69. The molecule has 0 amide bonds. The molecule has 0 atom stereocenters. The average Bonchev–Trinajstić information content (AvgIpc) is 3.22. The Morgan fingerprint density at radius 2 is 1.82 bits per heavy atom. The molecule has 3 heterocycles. The molecule has 8 nitrogen and oxygen atoms in total. The number of anilines is 2. The molecule has 0 saturated carbocycles.